The Bertz CT molecular complexity index is 492. The molecule has 1 heterocycles. The van der Waals surface area contributed by atoms with Crippen LogP contribution < -0.4 is 4.90 Å². The molecule has 4 nitrogen and oxygen atoms in total. The van der Waals surface area contributed by atoms with Crippen LogP contribution in [0.3, 0.4) is 0 Å². The topological polar surface area (TPSA) is 43.8 Å². The third-order valence-corrected chi connectivity index (χ3v) is 4.35. The van der Waals surface area contributed by atoms with Gasteiger partial charge in [0.1, 0.15) is 6.04 Å². The number of aliphatic hydroxyl groups excluding tert-OH is 1. The van der Waals surface area contributed by atoms with Gasteiger partial charge in [-0.15, -0.1) is 0 Å². The molecular formula is C14H19BrN2O2. The number of rotatable bonds is 2. The average Bonchev–Trinajstić information content (AvgIpc) is 2.36. The Morgan fingerprint density at radius 1 is 1.47 bits per heavy atom. The first-order valence-corrected chi connectivity index (χ1v) is 7.15. The second-order valence-corrected chi connectivity index (χ2v) is 5.96. The van der Waals surface area contributed by atoms with Gasteiger partial charge in [0.05, 0.1) is 12.3 Å². The van der Waals surface area contributed by atoms with E-state index in [1.165, 1.54) is 0 Å². The zero-order valence-electron chi connectivity index (χ0n) is 11.4. The lowest BCUT2D eigenvalue weighted by molar-refractivity contribution is -0.136. The largest absolute Gasteiger partial charge is 0.394 e. The summed E-state index contributed by atoms with van der Waals surface area (Å²) < 4.78 is 0.954. The number of hydrogen-bond acceptors (Lipinski definition) is 3. The summed E-state index contributed by atoms with van der Waals surface area (Å²) in [5.74, 6) is -0.0336. The predicted molar refractivity (Wildman–Crippen MR) is 79.3 cm³/mol. The van der Waals surface area contributed by atoms with E-state index in [4.69, 9.17) is 0 Å². The monoisotopic (exact) mass is 326 g/mol. The Balaban J connectivity index is 2.38. The van der Waals surface area contributed by atoms with Gasteiger partial charge in [0.25, 0.3) is 0 Å². The summed E-state index contributed by atoms with van der Waals surface area (Å²) >= 11 is 3.55. The molecule has 1 N–H and O–H groups in total. The first-order chi connectivity index (χ1) is 8.95. The molecule has 1 aliphatic rings. The summed E-state index contributed by atoms with van der Waals surface area (Å²) in [6.07, 6.45) is 0. The fourth-order valence-corrected chi connectivity index (χ4v) is 3.13. The minimum Gasteiger partial charge on any atom is -0.394 e. The van der Waals surface area contributed by atoms with Gasteiger partial charge in [-0.1, -0.05) is 6.07 Å². The predicted octanol–water partition coefficient (Wildman–Crippen LogP) is 1.79. The van der Waals surface area contributed by atoms with Crippen LogP contribution in [-0.2, 0) is 4.79 Å². The van der Waals surface area contributed by atoms with Crippen LogP contribution in [0.15, 0.2) is 22.7 Å². The van der Waals surface area contributed by atoms with Gasteiger partial charge >= 0.3 is 0 Å². The van der Waals surface area contributed by atoms with Gasteiger partial charge in [-0.25, -0.2) is 0 Å². The van der Waals surface area contributed by atoms with Crippen LogP contribution >= 0.6 is 15.9 Å². The van der Waals surface area contributed by atoms with Crippen LogP contribution in [0.5, 0.6) is 0 Å². The summed E-state index contributed by atoms with van der Waals surface area (Å²) in [6, 6.07) is 5.66. The summed E-state index contributed by atoms with van der Waals surface area (Å²) in [7, 11) is 1.79. The van der Waals surface area contributed by atoms with E-state index in [1.54, 1.807) is 11.9 Å². The number of likely N-dealkylation sites (N-methyl/N-ethyl adjacent to an activating group) is 1. The molecule has 0 saturated carbocycles. The number of benzene rings is 1. The molecule has 2 rings (SSSR count). The van der Waals surface area contributed by atoms with Gasteiger partial charge in [-0.2, -0.15) is 0 Å². The Kier molecular flexibility index (Phi) is 4.16. The zero-order valence-corrected chi connectivity index (χ0v) is 13.0. The molecule has 1 aliphatic heterocycles. The Hall–Kier alpha value is -1.07. The molecule has 1 aromatic rings. The maximum absolute atomic E-state index is 12.2. The van der Waals surface area contributed by atoms with E-state index in [0.29, 0.717) is 0 Å². The van der Waals surface area contributed by atoms with Crippen LogP contribution in [-0.4, -0.2) is 48.2 Å². The lowest BCUT2D eigenvalue weighted by Gasteiger charge is -2.44. The number of hydrogen-bond donors (Lipinski definition) is 1. The van der Waals surface area contributed by atoms with Gasteiger partial charge in [0, 0.05) is 24.1 Å². The molecule has 19 heavy (non-hydrogen) atoms. The smallest absolute Gasteiger partial charge is 0.247 e. The maximum Gasteiger partial charge on any atom is 0.247 e. The second-order valence-electron chi connectivity index (χ2n) is 5.10. The Morgan fingerprint density at radius 3 is 2.74 bits per heavy atom. The first kappa shape index (κ1) is 14.3. The van der Waals surface area contributed by atoms with E-state index in [9.17, 15) is 9.90 Å². The number of piperazine rings is 1. The molecule has 0 spiro atoms. The Morgan fingerprint density at radius 2 is 2.16 bits per heavy atom. The lowest BCUT2D eigenvalue weighted by Crippen LogP contribution is -2.61. The van der Waals surface area contributed by atoms with Crippen molar-refractivity contribution in [3.8, 4) is 0 Å². The van der Waals surface area contributed by atoms with E-state index >= 15 is 0 Å². The number of halogens is 1. The van der Waals surface area contributed by atoms with Crippen molar-refractivity contribution in [2.45, 2.75) is 25.9 Å². The normalized spacial score (nSPS) is 23.9. The summed E-state index contributed by atoms with van der Waals surface area (Å²) in [5, 5.41) is 9.54. The standard InChI is InChI=1S/C14H19BrN2O2/c1-9-4-5-12(11(15)6-9)17-7-10(2)16(3)14(19)13(17)8-18/h4-6,10,13,18H,7-8H2,1-3H3. The van der Waals surface area contributed by atoms with E-state index in [0.717, 1.165) is 22.3 Å². The van der Waals surface area contributed by atoms with E-state index in [1.807, 2.05) is 36.9 Å². The van der Waals surface area contributed by atoms with Crippen molar-refractivity contribution < 1.29 is 9.90 Å². The third kappa shape index (κ3) is 2.62. The molecule has 2 atom stereocenters. The van der Waals surface area contributed by atoms with Crippen molar-refractivity contribution in [3.63, 3.8) is 0 Å². The van der Waals surface area contributed by atoms with E-state index in [2.05, 4.69) is 15.9 Å². The quantitative estimate of drug-likeness (QED) is 0.901. The molecule has 1 saturated heterocycles. The molecule has 2 unspecified atom stereocenters. The molecular weight excluding hydrogens is 308 g/mol. The molecule has 1 fully saturated rings. The lowest BCUT2D eigenvalue weighted by atomic mass is 10.1. The molecule has 0 radical (unpaired) electrons. The summed E-state index contributed by atoms with van der Waals surface area (Å²) in [6.45, 7) is 4.59. The number of anilines is 1. The van der Waals surface area contributed by atoms with Crippen LogP contribution in [0, 0.1) is 6.92 Å². The minimum atomic E-state index is -0.500. The first-order valence-electron chi connectivity index (χ1n) is 6.36. The summed E-state index contributed by atoms with van der Waals surface area (Å²) in [5.41, 5.74) is 2.11. The number of aliphatic hydroxyl groups is 1. The van der Waals surface area contributed by atoms with Crippen molar-refractivity contribution in [1.82, 2.24) is 4.90 Å². The molecule has 1 amide bonds. The van der Waals surface area contributed by atoms with Crippen LogP contribution in [0.1, 0.15) is 12.5 Å². The van der Waals surface area contributed by atoms with Crippen LogP contribution in [0.4, 0.5) is 5.69 Å². The fourth-order valence-electron chi connectivity index (χ4n) is 2.41. The molecule has 1 aromatic carbocycles. The van der Waals surface area contributed by atoms with E-state index in [-0.39, 0.29) is 18.6 Å². The van der Waals surface area contributed by atoms with Crippen molar-refractivity contribution in [1.29, 1.82) is 0 Å². The molecule has 0 aromatic heterocycles. The second kappa shape index (κ2) is 5.51. The number of amides is 1. The van der Waals surface area contributed by atoms with Gasteiger partial charge < -0.3 is 14.9 Å². The maximum atomic E-state index is 12.2. The van der Waals surface area contributed by atoms with Crippen LogP contribution in [0.25, 0.3) is 0 Å². The molecule has 5 heteroatoms. The zero-order chi connectivity index (χ0) is 14.2. The van der Waals surface area contributed by atoms with Crippen molar-refractivity contribution in [3.05, 3.63) is 28.2 Å². The fraction of sp³-hybridized carbons (Fsp3) is 0.500. The molecule has 104 valence electrons. The molecule has 0 aliphatic carbocycles. The molecule has 0 bridgehead atoms. The van der Waals surface area contributed by atoms with Gasteiger partial charge in [-0.3, -0.25) is 4.79 Å². The number of nitrogens with zero attached hydrogens (tertiary/aromatic N) is 2. The SMILES string of the molecule is Cc1ccc(N2CC(C)N(C)C(=O)C2CO)c(Br)c1. The Labute approximate surface area is 122 Å². The highest BCUT2D eigenvalue weighted by molar-refractivity contribution is 9.10. The van der Waals surface area contributed by atoms with Gasteiger partial charge in [0.2, 0.25) is 5.91 Å². The van der Waals surface area contributed by atoms with Gasteiger partial charge in [-0.05, 0) is 47.5 Å². The number of carbonyl (C=O) groups excluding carboxylic acids is 1. The average molecular weight is 327 g/mol. The number of carbonyl (C=O) groups is 1. The summed E-state index contributed by atoms with van der Waals surface area (Å²) in [4.78, 5) is 15.9. The minimum absolute atomic E-state index is 0.0336. The highest BCUT2D eigenvalue weighted by Crippen LogP contribution is 2.31. The highest BCUT2D eigenvalue weighted by Gasteiger charge is 2.36. The van der Waals surface area contributed by atoms with E-state index < -0.39 is 6.04 Å². The van der Waals surface area contributed by atoms with Gasteiger partial charge in [0.15, 0.2) is 0 Å². The number of aryl methyl sites for hydroxylation is 1. The third-order valence-electron chi connectivity index (χ3n) is 3.72. The van der Waals surface area contributed by atoms with Crippen molar-refractivity contribution in [2.24, 2.45) is 0 Å². The van der Waals surface area contributed by atoms with Crippen molar-refractivity contribution >= 4 is 27.5 Å². The van der Waals surface area contributed by atoms with Crippen LogP contribution in [0.2, 0.25) is 0 Å². The highest BCUT2D eigenvalue weighted by atomic mass is 79.9. The van der Waals surface area contributed by atoms with Crippen molar-refractivity contribution in [2.75, 3.05) is 25.1 Å².